The molecule has 2 atom stereocenters. The molecule has 0 aliphatic heterocycles. The van der Waals surface area contributed by atoms with Crippen molar-refractivity contribution < 1.29 is 16.8 Å². The number of fused-ring (bicyclic) bond motifs is 2. The monoisotopic (exact) mass is 949 g/mol. The minimum absolute atomic E-state index is 0.0260. The van der Waals surface area contributed by atoms with Gasteiger partial charge in [0.2, 0.25) is 0 Å². The molecule has 0 spiro atoms. The second kappa shape index (κ2) is 19.0. The van der Waals surface area contributed by atoms with E-state index in [4.69, 9.17) is 43.0 Å². The van der Waals surface area contributed by atoms with Gasteiger partial charge < -0.3 is 22.1 Å². The first-order valence-corrected chi connectivity index (χ1v) is 23.9. The number of sulfone groups is 2. The second-order valence-corrected chi connectivity index (χ2v) is 19.1. The molecule has 0 saturated carbocycles. The second-order valence-electron chi connectivity index (χ2n) is 14.8. The van der Waals surface area contributed by atoms with Crippen LogP contribution in [0.5, 0.6) is 0 Å². The molecule has 334 valence electrons. The molecular weight excluding hydrogens is 914 g/mol. The lowest BCUT2D eigenvalue weighted by atomic mass is 10.0. The molecule has 4 aromatic carbocycles. The first kappa shape index (κ1) is 46.6. The summed E-state index contributed by atoms with van der Waals surface area (Å²) in [5.74, 6) is 0.504. The van der Waals surface area contributed by atoms with E-state index in [2.05, 4.69) is 36.6 Å². The highest BCUT2D eigenvalue weighted by atomic mass is 35.5. The maximum atomic E-state index is 12.5. The van der Waals surface area contributed by atoms with Crippen LogP contribution in [0.15, 0.2) is 107 Å². The van der Waals surface area contributed by atoms with Crippen molar-refractivity contribution in [3.63, 3.8) is 0 Å². The maximum Gasteiger partial charge on any atom is 0.176 e. The Kier molecular flexibility index (Phi) is 13.2. The van der Waals surface area contributed by atoms with Gasteiger partial charge in [-0.15, -0.1) is 0 Å². The Bertz CT molecular complexity index is 3630. The normalized spacial score (nSPS) is 12.1. The third kappa shape index (κ3) is 9.68. The number of halogens is 1. The fourth-order valence-electron chi connectivity index (χ4n) is 6.99. The fraction of sp³-hybridized carbons (Fsp3) is 0.133. The third-order valence-electron chi connectivity index (χ3n) is 10.1. The first-order valence-electron chi connectivity index (χ1n) is 19.7. The third-order valence-corrected chi connectivity index (χ3v) is 12.7. The molecule has 0 unspecified atom stereocenters. The van der Waals surface area contributed by atoms with Crippen LogP contribution in [0.1, 0.15) is 54.0 Å². The number of hydrogen-bond acceptors (Lipinski definition) is 19. The highest BCUT2D eigenvalue weighted by Crippen LogP contribution is 2.36. The van der Waals surface area contributed by atoms with Crippen molar-refractivity contribution in [2.24, 2.45) is 0 Å². The van der Waals surface area contributed by atoms with Crippen molar-refractivity contribution in [3.05, 3.63) is 131 Å². The quantitative estimate of drug-likeness (QED) is 0.110. The molecule has 8 rings (SSSR count). The van der Waals surface area contributed by atoms with E-state index >= 15 is 0 Å². The van der Waals surface area contributed by atoms with Crippen molar-refractivity contribution in [2.45, 2.75) is 35.7 Å². The van der Waals surface area contributed by atoms with Gasteiger partial charge >= 0.3 is 0 Å². The molecule has 22 heteroatoms. The molecule has 8 aromatic rings. The van der Waals surface area contributed by atoms with Gasteiger partial charge in [0.05, 0.1) is 66.3 Å². The van der Waals surface area contributed by atoms with Crippen LogP contribution in [0.3, 0.4) is 0 Å². The number of nitrogens with zero attached hydrogens (tertiary/aromatic N) is 11. The average molecular weight is 950 g/mol. The Morgan fingerprint density at radius 1 is 0.567 bits per heavy atom. The number of aromatic nitrogens is 8. The Labute approximate surface area is 389 Å². The SMILES string of the molecule is C[C@H](Nc1ncnc(N)c1C#N)c1nc2cccc(C#N)c2nc1-c1ccccc1S(C)(=O)=O.C[C@H](Nc1ncnc(N)c1C#N)c1nc2cccc(Cl)c2nc1-c1ccccc1S(C)(=O)=O. The van der Waals surface area contributed by atoms with Crippen LogP contribution in [0.25, 0.3) is 44.6 Å². The Hall–Kier alpha value is -8.42. The van der Waals surface area contributed by atoms with Gasteiger partial charge in [-0.25, -0.2) is 56.7 Å². The topological polar surface area (TPSA) is 319 Å². The average Bonchev–Trinajstić information content (AvgIpc) is 3.30. The molecule has 0 saturated heterocycles. The molecule has 0 aliphatic carbocycles. The van der Waals surface area contributed by atoms with E-state index in [1.54, 1.807) is 86.6 Å². The number of nitrogen functional groups attached to an aromatic ring is 2. The molecular formula is C45H36ClN15O4S2. The predicted octanol–water partition coefficient (Wildman–Crippen LogP) is 6.76. The minimum Gasteiger partial charge on any atom is -0.382 e. The number of hydrogen-bond donors (Lipinski definition) is 4. The van der Waals surface area contributed by atoms with Gasteiger partial charge in [0, 0.05) is 23.6 Å². The number of nitriles is 3. The molecule has 4 heterocycles. The number of nitrogens with two attached hydrogens (primary N) is 2. The van der Waals surface area contributed by atoms with Crippen molar-refractivity contribution in [1.29, 1.82) is 15.8 Å². The van der Waals surface area contributed by atoms with Crippen LogP contribution in [-0.2, 0) is 19.7 Å². The summed E-state index contributed by atoms with van der Waals surface area (Å²) < 4.78 is 50.0. The van der Waals surface area contributed by atoms with Gasteiger partial charge in [0.25, 0.3) is 0 Å². The summed E-state index contributed by atoms with van der Waals surface area (Å²) in [5.41, 5.74) is 16.1. The van der Waals surface area contributed by atoms with E-state index < -0.39 is 31.8 Å². The molecule has 0 radical (unpaired) electrons. The number of anilines is 4. The van der Waals surface area contributed by atoms with E-state index in [0.29, 0.717) is 60.9 Å². The summed E-state index contributed by atoms with van der Waals surface area (Å²) in [4.78, 5) is 35.0. The van der Waals surface area contributed by atoms with Crippen LogP contribution in [0.2, 0.25) is 5.02 Å². The zero-order valence-electron chi connectivity index (χ0n) is 35.8. The molecule has 6 N–H and O–H groups in total. The van der Waals surface area contributed by atoms with Crippen molar-refractivity contribution in [3.8, 4) is 40.7 Å². The summed E-state index contributed by atoms with van der Waals surface area (Å²) in [5, 5.41) is 35.1. The zero-order valence-corrected chi connectivity index (χ0v) is 38.2. The smallest absolute Gasteiger partial charge is 0.176 e. The van der Waals surface area contributed by atoms with E-state index in [1.165, 1.54) is 24.8 Å². The van der Waals surface area contributed by atoms with Crippen LogP contribution in [0.4, 0.5) is 23.3 Å². The predicted molar refractivity (Wildman–Crippen MR) is 252 cm³/mol. The highest BCUT2D eigenvalue weighted by Gasteiger charge is 2.26. The van der Waals surface area contributed by atoms with Crippen LogP contribution in [-0.4, -0.2) is 69.2 Å². The largest absolute Gasteiger partial charge is 0.382 e. The van der Waals surface area contributed by atoms with Crippen molar-refractivity contribution in [2.75, 3.05) is 34.6 Å². The lowest BCUT2D eigenvalue weighted by molar-refractivity contribution is 0.600. The molecule has 0 bridgehead atoms. The number of para-hydroxylation sites is 2. The van der Waals surface area contributed by atoms with Gasteiger partial charge in [0.15, 0.2) is 19.7 Å². The summed E-state index contributed by atoms with van der Waals surface area (Å²) in [6, 6.07) is 28.2. The summed E-state index contributed by atoms with van der Waals surface area (Å²) in [7, 11) is -7.17. The lowest BCUT2D eigenvalue weighted by Crippen LogP contribution is -2.15. The van der Waals surface area contributed by atoms with E-state index in [0.717, 1.165) is 12.5 Å². The van der Waals surface area contributed by atoms with Crippen molar-refractivity contribution in [1.82, 2.24) is 39.9 Å². The van der Waals surface area contributed by atoms with Gasteiger partial charge in [-0.1, -0.05) is 60.1 Å². The van der Waals surface area contributed by atoms with Crippen LogP contribution >= 0.6 is 11.6 Å². The summed E-state index contributed by atoms with van der Waals surface area (Å²) in [6.07, 6.45) is 4.73. The van der Waals surface area contributed by atoms with Crippen molar-refractivity contribution >= 4 is 76.6 Å². The molecule has 19 nitrogen and oxygen atoms in total. The summed E-state index contributed by atoms with van der Waals surface area (Å²) >= 11 is 6.36. The van der Waals surface area contributed by atoms with Gasteiger partial charge in [-0.05, 0) is 50.2 Å². The lowest BCUT2D eigenvalue weighted by Gasteiger charge is -2.20. The maximum absolute atomic E-state index is 12.5. The standard InChI is InChI=1S/C23H18N8O2S.C22H18ClN7O2S/c1-13(29-23-16(11-25)22(26)27-12-28-23)19-21(15-7-3-4-9-18(15)34(2,32)33)31-20-14(10-24)6-5-8-17(20)30-19;1-12(28-22-14(10-24)21(25)26-11-27-22)18-19(13-6-3-4-9-17(13)33(2,31)32)30-20-15(23)7-5-8-16(20)29-18/h3-9,12-13H,1-2H3,(H3,26,27,28,29);3-9,11-12H,1-2H3,(H3,25,26,27,28)/t13-;12-/m00/s1. The number of nitrogens with one attached hydrogen (secondary N) is 2. The van der Waals surface area contributed by atoms with E-state index in [9.17, 15) is 32.6 Å². The molecule has 67 heavy (non-hydrogen) atoms. The fourth-order valence-corrected chi connectivity index (χ4v) is 8.99. The van der Waals surface area contributed by atoms with Crippen LogP contribution < -0.4 is 22.1 Å². The zero-order chi connectivity index (χ0) is 48.2. The Morgan fingerprint density at radius 3 is 1.45 bits per heavy atom. The molecule has 0 aliphatic rings. The Balaban J connectivity index is 0.000000199. The summed E-state index contributed by atoms with van der Waals surface area (Å²) in [6.45, 7) is 3.57. The molecule has 0 fully saturated rings. The van der Waals surface area contributed by atoms with Gasteiger partial charge in [0.1, 0.15) is 76.3 Å². The van der Waals surface area contributed by atoms with E-state index in [1.807, 2.05) is 12.1 Å². The highest BCUT2D eigenvalue weighted by molar-refractivity contribution is 7.91. The number of benzene rings is 4. The van der Waals surface area contributed by atoms with Crippen LogP contribution in [0, 0.1) is 34.0 Å². The van der Waals surface area contributed by atoms with Gasteiger partial charge in [-0.3, -0.25) is 0 Å². The number of rotatable bonds is 10. The minimum atomic E-state index is -3.60. The Morgan fingerprint density at radius 2 is 1.00 bits per heavy atom. The molecule has 0 amide bonds. The van der Waals surface area contributed by atoms with Gasteiger partial charge in [-0.2, -0.15) is 15.8 Å². The molecule has 4 aromatic heterocycles. The first-order chi connectivity index (χ1) is 31.9. The van der Waals surface area contributed by atoms with E-state index in [-0.39, 0.29) is 49.9 Å².